The summed E-state index contributed by atoms with van der Waals surface area (Å²) in [6.07, 6.45) is 1.72. The minimum atomic E-state index is -0.164. The molecule has 0 spiro atoms. The van der Waals surface area contributed by atoms with E-state index < -0.39 is 0 Å². The predicted octanol–water partition coefficient (Wildman–Crippen LogP) is 4.21. The fourth-order valence-electron chi connectivity index (χ4n) is 3.86. The number of aromatic nitrogens is 2. The van der Waals surface area contributed by atoms with Crippen LogP contribution < -0.4 is 10.5 Å². The Labute approximate surface area is 173 Å². The Hall–Kier alpha value is -3.99. The van der Waals surface area contributed by atoms with Gasteiger partial charge in [-0.2, -0.15) is 0 Å². The fourth-order valence-corrected chi connectivity index (χ4v) is 3.86. The standard InChI is InChI=1S/C25H19N3O2/c1-16-11-13-17(14-12-16)28-23(26-21-9-5-3-8-19(21)25(28)30)15-20-18-7-4-6-10-22(18)27(2)24(20)29/h3-15H,1-2H3/b20-15+. The molecule has 0 aliphatic carbocycles. The molecule has 1 amide bonds. The van der Waals surface area contributed by atoms with Gasteiger partial charge in [0.1, 0.15) is 5.82 Å². The molecule has 0 N–H and O–H groups in total. The number of para-hydroxylation sites is 2. The van der Waals surface area contributed by atoms with Crippen LogP contribution in [0.15, 0.2) is 77.6 Å². The van der Waals surface area contributed by atoms with E-state index in [1.54, 1.807) is 28.7 Å². The second kappa shape index (κ2) is 6.81. The van der Waals surface area contributed by atoms with Crippen molar-refractivity contribution in [3.05, 3.63) is 100 Å². The molecule has 1 aromatic heterocycles. The Morgan fingerprint density at radius 2 is 1.57 bits per heavy atom. The monoisotopic (exact) mass is 393 g/mol. The number of carbonyl (C=O) groups is 1. The van der Waals surface area contributed by atoms with E-state index in [1.807, 2.05) is 73.7 Å². The van der Waals surface area contributed by atoms with Gasteiger partial charge in [0.2, 0.25) is 0 Å². The van der Waals surface area contributed by atoms with E-state index in [1.165, 1.54) is 0 Å². The first-order chi connectivity index (χ1) is 14.5. The third kappa shape index (κ3) is 2.75. The van der Waals surface area contributed by atoms with Gasteiger partial charge in [-0.15, -0.1) is 0 Å². The van der Waals surface area contributed by atoms with Crippen LogP contribution in [0.25, 0.3) is 28.2 Å². The number of hydrogen-bond donors (Lipinski definition) is 0. The van der Waals surface area contributed by atoms with Crippen LogP contribution in [0.2, 0.25) is 0 Å². The minimum absolute atomic E-state index is 0.117. The van der Waals surface area contributed by atoms with Crippen molar-refractivity contribution in [2.24, 2.45) is 0 Å². The molecule has 0 radical (unpaired) electrons. The molecule has 4 aromatic rings. The van der Waals surface area contributed by atoms with Crippen molar-refractivity contribution >= 4 is 34.1 Å². The topological polar surface area (TPSA) is 55.2 Å². The lowest BCUT2D eigenvalue weighted by atomic mass is 10.1. The maximum Gasteiger partial charge on any atom is 0.266 e. The Bertz CT molecular complexity index is 1400. The first-order valence-corrected chi connectivity index (χ1v) is 9.72. The van der Waals surface area contributed by atoms with Gasteiger partial charge in [-0.25, -0.2) is 4.98 Å². The highest BCUT2D eigenvalue weighted by molar-refractivity contribution is 6.35. The molecule has 5 rings (SSSR count). The summed E-state index contributed by atoms with van der Waals surface area (Å²) in [6.45, 7) is 2.00. The molecular formula is C25H19N3O2. The summed E-state index contributed by atoms with van der Waals surface area (Å²) in [5.74, 6) is 0.310. The van der Waals surface area contributed by atoms with Crippen molar-refractivity contribution < 1.29 is 4.79 Å². The number of nitrogens with zero attached hydrogens (tertiary/aromatic N) is 3. The van der Waals surface area contributed by atoms with Crippen LogP contribution >= 0.6 is 0 Å². The van der Waals surface area contributed by atoms with Crippen molar-refractivity contribution in [1.82, 2.24) is 9.55 Å². The number of benzene rings is 3. The van der Waals surface area contributed by atoms with Gasteiger partial charge in [0.05, 0.1) is 27.9 Å². The Morgan fingerprint density at radius 3 is 2.37 bits per heavy atom. The summed E-state index contributed by atoms with van der Waals surface area (Å²) in [5, 5.41) is 0.537. The maximum absolute atomic E-state index is 13.4. The number of likely N-dealkylation sites (N-methyl/N-ethyl adjacent to an activating group) is 1. The van der Waals surface area contributed by atoms with Gasteiger partial charge in [-0.05, 0) is 43.3 Å². The molecule has 1 aliphatic rings. The average Bonchev–Trinajstić information content (AvgIpc) is 3.00. The molecule has 5 nitrogen and oxygen atoms in total. The molecule has 0 unspecified atom stereocenters. The van der Waals surface area contributed by atoms with E-state index in [-0.39, 0.29) is 11.5 Å². The van der Waals surface area contributed by atoms with Gasteiger partial charge in [0, 0.05) is 12.6 Å². The van der Waals surface area contributed by atoms with Gasteiger partial charge in [-0.3, -0.25) is 14.2 Å². The summed E-state index contributed by atoms with van der Waals surface area (Å²) in [4.78, 5) is 32.7. The lowest BCUT2D eigenvalue weighted by molar-refractivity contribution is -0.112. The molecule has 1 aliphatic heterocycles. The van der Waals surface area contributed by atoms with Gasteiger partial charge in [-0.1, -0.05) is 48.0 Å². The molecule has 0 saturated carbocycles. The number of fused-ring (bicyclic) bond motifs is 2. The van der Waals surface area contributed by atoms with Crippen molar-refractivity contribution in [3.8, 4) is 5.69 Å². The van der Waals surface area contributed by atoms with E-state index in [0.29, 0.717) is 28.0 Å². The SMILES string of the molecule is Cc1ccc(-n2c(/C=C3/C(=O)N(C)c4ccccc43)nc3ccccc3c2=O)cc1. The van der Waals surface area contributed by atoms with Crippen molar-refractivity contribution in [1.29, 1.82) is 0 Å². The van der Waals surface area contributed by atoms with Crippen LogP contribution in [-0.2, 0) is 4.79 Å². The van der Waals surface area contributed by atoms with Gasteiger partial charge in [0.25, 0.3) is 11.5 Å². The third-order valence-electron chi connectivity index (χ3n) is 5.46. The van der Waals surface area contributed by atoms with Crippen LogP contribution in [0.5, 0.6) is 0 Å². The number of amides is 1. The predicted molar refractivity (Wildman–Crippen MR) is 120 cm³/mol. The van der Waals surface area contributed by atoms with Crippen molar-refractivity contribution in [2.45, 2.75) is 6.92 Å². The number of carbonyl (C=O) groups excluding carboxylic acids is 1. The molecule has 5 heteroatoms. The van der Waals surface area contributed by atoms with E-state index >= 15 is 0 Å². The smallest absolute Gasteiger partial charge is 0.266 e. The second-order valence-corrected chi connectivity index (χ2v) is 7.40. The van der Waals surface area contributed by atoms with E-state index in [2.05, 4.69) is 0 Å². The van der Waals surface area contributed by atoms with Crippen LogP contribution in [-0.4, -0.2) is 22.5 Å². The molecule has 30 heavy (non-hydrogen) atoms. The highest BCUT2D eigenvalue weighted by Crippen LogP contribution is 2.36. The summed E-state index contributed by atoms with van der Waals surface area (Å²) < 4.78 is 1.57. The summed E-state index contributed by atoms with van der Waals surface area (Å²) in [5.41, 5.74) is 4.45. The molecule has 3 aromatic carbocycles. The fraction of sp³-hybridized carbons (Fsp3) is 0.0800. The highest BCUT2D eigenvalue weighted by Gasteiger charge is 2.29. The van der Waals surface area contributed by atoms with Crippen LogP contribution in [0.3, 0.4) is 0 Å². The maximum atomic E-state index is 13.4. The number of aryl methyl sites for hydroxylation is 1. The second-order valence-electron chi connectivity index (χ2n) is 7.40. The largest absolute Gasteiger partial charge is 0.311 e. The highest BCUT2D eigenvalue weighted by atomic mass is 16.2. The Kier molecular flexibility index (Phi) is 4.10. The zero-order valence-corrected chi connectivity index (χ0v) is 16.7. The zero-order chi connectivity index (χ0) is 20.8. The Balaban J connectivity index is 1.82. The minimum Gasteiger partial charge on any atom is -0.311 e. The first kappa shape index (κ1) is 18.1. The Morgan fingerprint density at radius 1 is 0.867 bits per heavy atom. The van der Waals surface area contributed by atoms with Crippen molar-refractivity contribution in [2.75, 3.05) is 11.9 Å². The van der Waals surface area contributed by atoms with Crippen LogP contribution in [0.1, 0.15) is 17.0 Å². The molecule has 2 heterocycles. The quantitative estimate of drug-likeness (QED) is 0.480. The average molecular weight is 393 g/mol. The van der Waals surface area contributed by atoms with Crippen LogP contribution in [0, 0.1) is 6.92 Å². The molecule has 0 fully saturated rings. The number of rotatable bonds is 2. The molecule has 0 saturated heterocycles. The summed E-state index contributed by atoms with van der Waals surface area (Å²) >= 11 is 0. The molecule has 146 valence electrons. The summed E-state index contributed by atoms with van der Waals surface area (Å²) in [6, 6.07) is 22.6. The lowest BCUT2D eigenvalue weighted by Crippen LogP contribution is -2.23. The van der Waals surface area contributed by atoms with Crippen LogP contribution in [0.4, 0.5) is 5.69 Å². The number of hydrogen-bond acceptors (Lipinski definition) is 3. The first-order valence-electron chi connectivity index (χ1n) is 9.72. The number of anilines is 1. The third-order valence-corrected chi connectivity index (χ3v) is 5.46. The van der Waals surface area contributed by atoms with E-state index in [4.69, 9.17) is 4.98 Å². The summed E-state index contributed by atoms with van der Waals surface area (Å²) in [7, 11) is 1.75. The molecule has 0 atom stereocenters. The van der Waals surface area contributed by atoms with Gasteiger partial charge in [0.15, 0.2) is 0 Å². The van der Waals surface area contributed by atoms with Gasteiger partial charge >= 0.3 is 0 Å². The molecular weight excluding hydrogens is 374 g/mol. The molecule has 0 bridgehead atoms. The normalized spacial score (nSPS) is 14.5. The lowest BCUT2D eigenvalue weighted by Gasteiger charge is -2.12. The van der Waals surface area contributed by atoms with E-state index in [9.17, 15) is 9.59 Å². The van der Waals surface area contributed by atoms with E-state index in [0.717, 1.165) is 16.8 Å². The van der Waals surface area contributed by atoms with Gasteiger partial charge < -0.3 is 4.90 Å². The zero-order valence-electron chi connectivity index (χ0n) is 16.7. The van der Waals surface area contributed by atoms with Crippen molar-refractivity contribution in [3.63, 3.8) is 0 Å².